The van der Waals surface area contributed by atoms with Crippen molar-refractivity contribution in [3.63, 3.8) is 0 Å². The molecule has 0 aliphatic heterocycles. The predicted octanol–water partition coefficient (Wildman–Crippen LogP) is 3.44. The van der Waals surface area contributed by atoms with Crippen molar-refractivity contribution in [2.24, 2.45) is 17.8 Å². The molecule has 20 heavy (non-hydrogen) atoms. The van der Waals surface area contributed by atoms with Gasteiger partial charge in [0.05, 0.1) is 11.8 Å². The fraction of sp³-hybridized carbons (Fsp3) is 0.467. The number of hydrogen-bond donors (Lipinski definition) is 2. The number of carbonyl (C=O) groups excluding carboxylic acids is 1. The van der Waals surface area contributed by atoms with E-state index in [2.05, 4.69) is 21.2 Å². The Balaban J connectivity index is 2.11. The van der Waals surface area contributed by atoms with Gasteiger partial charge < -0.3 is 10.4 Å². The summed E-state index contributed by atoms with van der Waals surface area (Å²) < 4.78 is 0.921. The Bertz CT molecular complexity index is 544. The molecule has 2 rings (SSSR count). The zero-order valence-electron chi connectivity index (χ0n) is 11.5. The van der Waals surface area contributed by atoms with Gasteiger partial charge in [-0.2, -0.15) is 0 Å². The number of halogens is 1. The number of aryl methyl sites for hydroxylation is 1. The van der Waals surface area contributed by atoms with E-state index in [0.29, 0.717) is 18.5 Å². The Morgan fingerprint density at radius 2 is 1.95 bits per heavy atom. The summed E-state index contributed by atoms with van der Waals surface area (Å²) >= 11 is 3.42. The molecule has 0 aromatic heterocycles. The van der Waals surface area contributed by atoms with Crippen LogP contribution in [0, 0.1) is 24.7 Å². The van der Waals surface area contributed by atoms with Crippen LogP contribution in [0.25, 0.3) is 0 Å². The summed E-state index contributed by atoms with van der Waals surface area (Å²) in [7, 11) is 0. The third-order valence-electron chi connectivity index (χ3n) is 3.89. The minimum Gasteiger partial charge on any atom is -0.481 e. The van der Waals surface area contributed by atoms with Gasteiger partial charge in [-0.15, -0.1) is 0 Å². The Morgan fingerprint density at radius 1 is 1.30 bits per heavy atom. The second-order valence-electron chi connectivity index (χ2n) is 5.58. The summed E-state index contributed by atoms with van der Waals surface area (Å²) in [5, 5.41) is 12.0. The number of benzene rings is 1. The van der Waals surface area contributed by atoms with Crippen molar-refractivity contribution in [3.8, 4) is 0 Å². The second kappa shape index (κ2) is 5.95. The normalized spacial score (nSPS) is 25.4. The second-order valence-corrected chi connectivity index (χ2v) is 6.44. The lowest BCUT2D eigenvalue weighted by Crippen LogP contribution is -2.30. The van der Waals surface area contributed by atoms with Crippen molar-refractivity contribution in [3.05, 3.63) is 28.2 Å². The number of carbonyl (C=O) groups is 2. The maximum Gasteiger partial charge on any atom is 0.307 e. The molecule has 1 unspecified atom stereocenters. The van der Waals surface area contributed by atoms with Crippen LogP contribution in [-0.2, 0) is 9.59 Å². The first-order valence-electron chi connectivity index (χ1n) is 6.68. The van der Waals surface area contributed by atoms with Gasteiger partial charge in [0.1, 0.15) is 0 Å². The van der Waals surface area contributed by atoms with Crippen LogP contribution in [0.15, 0.2) is 22.7 Å². The Labute approximate surface area is 126 Å². The van der Waals surface area contributed by atoms with Gasteiger partial charge in [-0.05, 0) is 43.4 Å². The summed E-state index contributed by atoms with van der Waals surface area (Å²) in [6.45, 7) is 3.96. The number of rotatable bonds is 3. The van der Waals surface area contributed by atoms with E-state index in [1.54, 1.807) is 0 Å². The lowest BCUT2D eigenvalue weighted by molar-refractivity contribution is -0.145. The molecule has 0 bridgehead atoms. The summed E-state index contributed by atoms with van der Waals surface area (Å²) in [5.41, 5.74) is 1.78. The lowest BCUT2D eigenvalue weighted by Gasteiger charge is -2.16. The molecule has 0 saturated heterocycles. The number of hydrogen-bond acceptors (Lipinski definition) is 2. The largest absolute Gasteiger partial charge is 0.481 e. The number of anilines is 1. The van der Waals surface area contributed by atoms with Crippen LogP contribution in [0.4, 0.5) is 5.69 Å². The third kappa shape index (κ3) is 3.20. The van der Waals surface area contributed by atoms with E-state index in [1.165, 1.54) is 0 Å². The van der Waals surface area contributed by atoms with Crippen molar-refractivity contribution >= 4 is 33.5 Å². The molecule has 2 N–H and O–H groups in total. The van der Waals surface area contributed by atoms with Crippen LogP contribution in [-0.4, -0.2) is 17.0 Å². The minimum atomic E-state index is -0.875. The number of amides is 1. The van der Waals surface area contributed by atoms with Crippen molar-refractivity contribution in [2.45, 2.75) is 26.7 Å². The zero-order valence-corrected chi connectivity index (χ0v) is 13.1. The number of aliphatic carboxylic acids is 1. The quantitative estimate of drug-likeness (QED) is 0.886. The molecule has 0 heterocycles. The summed E-state index contributed by atoms with van der Waals surface area (Å²) in [6.07, 6.45) is 1.21. The topological polar surface area (TPSA) is 66.4 Å². The highest BCUT2D eigenvalue weighted by Gasteiger charge is 2.41. The molecular weight excluding hydrogens is 322 g/mol. The van der Waals surface area contributed by atoms with E-state index in [-0.39, 0.29) is 11.8 Å². The number of nitrogens with one attached hydrogen (secondary N) is 1. The van der Waals surface area contributed by atoms with Crippen LogP contribution in [0.2, 0.25) is 0 Å². The van der Waals surface area contributed by atoms with Gasteiger partial charge in [-0.25, -0.2) is 0 Å². The zero-order chi connectivity index (χ0) is 14.9. The van der Waals surface area contributed by atoms with Crippen molar-refractivity contribution < 1.29 is 14.7 Å². The SMILES string of the molecule is Cc1ccc(NC(=O)[C@H]2CC(C)C[C@H]2C(=O)O)cc1Br. The van der Waals surface area contributed by atoms with Gasteiger partial charge in [0.2, 0.25) is 5.91 Å². The predicted molar refractivity (Wildman–Crippen MR) is 80.5 cm³/mol. The maximum absolute atomic E-state index is 12.3. The highest BCUT2D eigenvalue weighted by Crippen LogP contribution is 2.37. The fourth-order valence-corrected chi connectivity index (χ4v) is 3.14. The maximum atomic E-state index is 12.3. The van der Waals surface area contributed by atoms with Gasteiger partial charge in [-0.1, -0.05) is 28.9 Å². The molecule has 1 aromatic carbocycles. The summed E-state index contributed by atoms with van der Waals surface area (Å²) in [5.74, 6) is -1.81. The summed E-state index contributed by atoms with van der Waals surface area (Å²) in [6, 6.07) is 5.57. The van der Waals surface area contributed by atoms with Crippen molar-refractivity contribution in [2.75, 3.05) is 5.32 Å². The number of carboxylic acid groups (broad SMARTS) is 1. The molecule has 1 aromatic rings. The molecule has 1 amide bonds. The highest BCUT2D eigenvalue weighted by atomic mass is 79.9. The Hall–Kier alpha value is -1.36. The fourth-order valence-electron chi connectivity index (χ4n) is 2.76. The Kier molecular flexibility index (Phi) is 4.48. The van der Waals surface area contributed by atoms with E-state index >= 15 is 0 Å². The van der Waals surface area contributed by atoms with Crippen LogP contribution in [0.1, 0.15) is 25.3 Å². The molecule has 1 aliphatic carbocycles. The van der Waals surface area contributed by atoms with E-state index < -0.39 is 17.8 Å². The van der Waals surface area contributed by atoms with Gasteiger partial charge in [-0.3, -0.25) is 9.59 Å². The van der Waals surface area contributed by atoms with Crippen molar-refractivity contribution in [1.82, 2.24) is 0 Å². The van der Waals surface area contributed by atoms with E-state index in [1.807, 2.05) is 32.0 Å². The van der Waals surface area contributed by atoms with E-state index in [4.69, 9.17) is 0 Å². The molecule has 1 aliphatic rings. The molecule has 0 spiro atoms. The third-order valence-corrected chi connectivity index (χ3v) is 4.75. The van der Waals surface area contributed by atoms with Gasteiger partial charge in [0, 0.05) is 10.2 Å². The molecule has 5 heteroatoms. The Morgan fingerprint density at radius 3 is 2.55 bits per heavy atom. The van der Waals surface area contributed by atoms with Gasteiger partial charge in [0.25, 0.3) is 0 Å². The average molecular weight is 340 g/mol. The summed E-state index contributed by atoms with van der Waals surface area (Å²) in [4.78, 5) is 23.5. The van der Waals surface area contributed by atoms with Crippen LogP contribution in [0.3, 0.4) is 0 Å². The molecule has 108 valence electrons. The first kappa shape index (κ1) is 15.0. The minimum absolute atomic E-state index is 0.197. The smallest absolute Gasteiger partial charge is 0.307 e. The molecule has 4 nitrogen and oxygen atoms in total. The first-order chi connectivity index (χ1) is 9.38. The van der Waals surface area contributed by atoms with Gasteiger partial charge >= 0.3 is 5.97 Å². The highest BCUT2D eigenvalue weighted by molar-refractivity contribution is 9.10. The van der Waals surface area contributed by atoms with E-state index in [9.17, 15) is 14.7 Å². The van der Waals surface area contributed by atoms with Crippen LogP contribution < -0.4 is 5.32 Å². The first-order valence-corrected chi connectivity index (χ1v) is 7.47. The molecule has 0 radical (unpaired) electrons. The van der Waals surface area contributed by atoms with Crippen LogP contribution >= 0.6 is 15.9 Å². The molecule has 3 atom stereocenters. The number of carboxylic acids is 1. The van der Waals surface area contributed by atoms with Crippen LogP contribution in [0.5, 0.6) is 0 Å². The van der Waals surface area contributed by atoms with Crippen molar-refractivity contribution in [1.29, 1.82) is 0 Å². The van der Waals surface area contributed by atoms with E-state index in [0.717, 1.165) is 10.0 Å². The molecular formula is C15H18BrNO3. The lowest BCUT2D eigenvalue weighted by atomic mass is 9.95. The monoisotopic (exact) mass is 339 g/mol. The standard InChI is InChI=1S/C15H18BrNO3/c1-8-5-11(12(6-8)15(19)20)14(18)17-10-4-3-9(2)13(16)7-10/h3-4,7-8,11-12H,5-6H2,1-2H3,(H,17,18)(H,19,20)/t8?,11-,12+/m0/s1. The average Bonchev–Trinajstić information content (AvgIpc) is 2.76. The molecule has 1 saturated carbocycles. The molecule has 1 fully saturated rings. The van der Waals surface area contributed by atoms with Gasteiger partial charge in [0.15, 0.2) is 0 Å².